The highest BCUT2D eigenvalue weighted by Gasteiger charge is 2.33. The molecule has 0 radical (unpaired) electrons. The number of cyclic esters (lactones) is 1. The molecule has 0 spiro atoms. The van der Waals surface area contributed by atoms with Gasteiger partial charge in [-0.3, -0.25) is 19.7 Å². The van der Waals surface area contributed by atoms with Crippen LogP contribution in [0.3, 0.4) is 0 Å². The van der Waals surface area contributed by atoms with Gasteiger partial charge >= 0.3 is 6.09 Å². The number of fused-ring (bicyclic) bond motifs is 1. The van der Waals surface area contributed by atoms with Crippen molar-refractivity contribution in [1.82, 2.24) is 25.3 Å². The molecule has 3 aromatic heterocycles. The number of hydrogen-bond donors (Lipinski definition) is 3. The summed E-state index contributed by atoms with van der Waals surface area (Å²) in [5, 5.41) is 16.3. The fourth-order valence-corrected chi connectivity index (χ4v) is 4.22. The van der Waals surface area contributed by atoms with Crippen molar-refractivity contribution in [3.63, 3.8) is 0 Å². The number of amides is 2. The summed E-state index contributed by atoms with van der Waals surface area (Å²) in [5.41, 5.74) is 1.65. The molecule has 0 aromatic carbocycles. The highest BCUT2D eigenvalue weighted by molar-refractivity contribution is 5.95. The van der Waals surface area contributed by atoms with Crippen LogP contribution in [0, 0.1) is 0 Å². The molecular formula is C25H25N7O7. The zero-order valence-electron chi connectivity index (χ0n) is 20.7. The normalized spacial score (nSPS) is 18.6. The zero-order chi connectivity index (χ0) is 26.8. The maximum Gasteiger partial charge on any atom is 0.415 e. The highest BCUT2D eigenvalue weighted by atomic mass is 16.6. The number of carbonyl (C=O) groups excluding carboxylic acids is 2. The van der Waals surface area contributed by atoms with Gasteiger partial charge in [0.2, 0.25) is 5.88 Å². The third-order valence-electron chi connectivity index (χ3n) is 6.28. The molecule has 202 valence electrons. The minimum atomic E-state index is -0.502. The van der Waals surface area contributed by atoms with E-state index >= 15 is 0 Å². The molecule has 6 rings (SSSR count). The van der Waals surface area contributed by atoms with Crippen LogP contribution in [0.25, 0.3) is 11.3 Å². The molecule has 3 aliphatic heterocycles. The van der Waals surface area contributed by atoms with Crippen molar-refractivity contribution in [2.45, 2.75) is 25.2 Å². The largest absolute Gasteiger partial charge is 0.506 e. The Morgan fingerprint density at radius 1 is 1.18 bits per heavy atom. The summed E-state index contributed by atoms with van der Waals surface area (Å²) < 4.78 is 21.6. The van der Waals surface area contributed by atoms with Crippen LogP contribution in [0.5, 0.6) is 17.4 Å². The number of pyridine rings is 2. The standard InChI is InChI=1S/C25H25N7O7/c33-19-8-28-14(5-17(19)18-7-27-9-23(29-18)38-16-11-36-12-16)6-26-4-3-15-10-32(25(35)39-15)21-2-1-20-24(30-21)31-22(34)13-37-20/h1-2,5,7-9,15-16,26,33H,3-4,6,10-13H2,(H,30,31,34). The molecular weight excluding hydrogens is 510 g/mol. The molecule has 2 saturated heterocycles. The van der Waals surface area contributed by atoms with E-state index in [9.17, 15) is 14.7 Å². The minimum absolute atomic E-state index is 0.0166. The number of rotatable bonds is 9. The van der Waals surface area contributed by atoms with Crippen molar-refractivity contribution in [3.8, 4) is 28.6 Å². The van der Waals surface area contributed by atoms with Crippen molar-refractivity contribution < 1.29 is 33.6 Å². The molecule has 14 nitrogen and oxygen atoms in total. The van der Waals surface area contributed by atoms with Gasteiger partial charge in [0, 0.05) is 12.1 Å². The highest BCUT2D eigenvalue weighted by Crippen LogP contribution is 2.31. The van der Waals surface area contributed by atoms with Crippen LogP contribution in [0.4, 0.5) is 16.4 Å². The number of ether oxygens (including phenoxy) is 4. The predicted molar refractivity (Wildman–Crippen MR) is 134 cm³/mol. The second kappa shape index (κ2) is 10.7. The summed E-state index contributed by atoms with van der Waals surface area (Å²) in [7, 11) is 0. The quantitative estimate of drug-likeness (QED) is 0.336. The summed E-state index contributed by atoms with van der Waals surface area (Å²) in [5.74, 6) is 1.15. The lowest BCUT2D eigenvalue weighted by Crippen LogP contribution is -2.38. The predicted octanol–water partition coefficient (Wildman–Crippen LogP) is 1.25. The van der Waals surface area contributed by atoms with E-state index in [-0.39, 0.29) is 36.3 Å². The molecule has 0 bridgehead atoms. The number of anilines is 2. The van der Waals surface area contributed by atoms with Crippen LogP contribution in [0.1, 0.15) is 12.1 Å². The van der Waals surface area contributed by atoms with Gasteiger partial charge in [-0.05, 0) is 31.2 Å². The van der Waals surface area contributed by atoms with Crippen LogP contribution < -0.4 is 25.0 Å². The zero-order valence-corrected chi connectivity index (χ0v) is 20.7. The summed E-state index contributed by atoms with van der Waals surface area (Å²) >= 11 is 0. The molecule has 3 N–H and O–H groups in total. The number of nitrogens with zero attached hydrogens (tertiary/aromatic N) is 5. The van der Waals surface area contributed by atoms with Gasteiger partial charge < -0.3 is 34.7 Å². The third-order valence-corrected chi connectivity index (χ3v) is 6.28. The third kappa shape index (κ3) is 5.51. The summed E-state index contributed by atoms with van der Waals surface area (Å²) in [6, 6.07) is 5.06. The second-order valence-electron chi connectivity index (χ2n) is 9.15. The average Bonchev–Trinajstić information content (AvgIpc) is 3.29. The molecule has 3 aliphatic rings. The number of aromatic hydroxyl groups is 1. The van der Waals surface area contributed by atoms with Crippen molar-refractivity contribution in [3.05, 3.63) is 42.5 Å². The maximum atomic E-state index is 12.4. The van der Waals surface area contributed by atoms with Gasteiger partial charge in [0.25, 0.3) is 5.91 Å². The van der Waals surface area contributed by atoms with Gasteiger partial charge in [-0.1, -0.05) is 0 Å². The Bertz CT molecular complexity index is 1400. The van der Waals surface area contributed by atoms with E-state index < -0.39 is 6.09 Å². The van der Waals surface area contributed by atoms with Crippen LogP contribution >= 0.6 is 0 Å². The minimum Gasteiger partial charge on any atom is -0.506 e. The van der Waals surface area contributed by atoms with Gasteiger partial charge in [-0.15, -0.1) is 0 Å². The summed E-state index contributed by atoms with van der Waals surface area (Å²) in [6.45, 7) is 2.26. The molecule has 1 unspecified atom stereocenters. The fourth-order valence-electron chi connectivity index (χ4n) is 4.22. The monoisotopic (exact) mass is 535 g/mol. The molecule has 1 atom stereocenters. The Hall–Kier alpha value is -4.56. The Labute approximate surface area is 222 Å². The topological polar surface area (TPSA) is 170 Å². The second-order valence-corrected chi connectivity index (χ2v) is 9.15. The summed E-state index contributed by atoms with van der Waals surface area (Å²) in [6.07, 6.45) is 4.12. The fraction of sp³-hybridized carbons (Fsp3) is 0.360. The lowest BCUT2D eigenvalue weighted by molar-refractivity contribution is -0.118. The molecule has 3 aromatic rings. The van der Waals surface area contributed by atoms with Crippen LogP contribution in [-0.4, -0.2) is 82.2 Å². The van der Waals surface area contributed by atoms with E-state index in [2.05, 4.69) is 30.6 Å². The maximum absolute atomic E-state index is 12.4. The van der Waals surface area contributed by atoms with E-state index in [0.29, 0.717) is 73.7 Å². The molecule has 14 heteroatoms. The number of carbonyl (C=O) groups is 2. The Morgan fingerprint density at radius 3 is 2.92 bits per heavy atom. The van der Waals surface area contributed by atoms with Gasteiger partial charge in [-0.2, -0.15) is 0 Å². The SMILES string of the molecule is O=C1COc2ccc(N3CC(CCNCc4cc(-c5cncc(OC6COC6)n5)c(O)cn4)OC3=O)nc2N1. The molecule has 0 saturated carbocycles. The van der Waals surface area contributed by atoms with Crippen molar-refractivity contribution in [1.29, 1.82) is 0 Å². The van der Waals surface area contributed by atoms with Crippen LogP contribution in [-0.2, 0) is 20.8 Å². The van der Waals surface area contributed by atoms with E-state index in [1.54, 1.807) is 24.4 Å². The first-order valence-corrected chi connectivity index (χ1v) is 12.4. The van der Waals surface area contributed by atoms with E-state index in [0.717, 1.165) is 0 Å². The first-order chi connectivity index (χ1) is 19.0. The Balaban J connectivity index is 1.02. The van der Waals surface area contributed by atoms with Crippen molar-refractivity contribution in [2.24, 2.45) is 0 Å². The van der Waals surface area contributed by atoms with Gasteiger partial charge in [0.1, 0.15) is 23.8 Å². The van der Waals surface area contributed by atoms with Crippen molar-refractivity contribution >= 4 is 23.6 Å². The van der Waals surface area contributed by atoms with Crippen LogP contribution in [0.15, 0.2) is 36.8 Å². The number of aromatic nitrogens is 4. The van der Waals surface area contributed by atoms with Crippen molar-refractivity contribution in [2.75, 3.05) is 43.1 Å². The lowest BCUT2D eigenvalue weighted by atomic mass is 10.1. The first kappa shape index (κ1) is 24.8. The van der Waals surface area contributed by atoms with E-state index in [1.165, 1.54) is 17.3 Å². The molecule has 2 amide bonds. The first-order valence-electron chi connectivity index (χ1n) is 12.4. The lowest BCUT2D eigenvalue weighted by Gasteiger charge is -2.25. The van der Waals surface area contributed by atoms with Crippen LogP contribution in [0.2, 0.25) is 0 Å². The Kier molecular flexibility index (Phi) is 6.77. The molecule has 39 heavy (non-hydrogen) atoms. The van der Waals surface area contributed by atoms with Gasteiger partial charge in [-0.25, -0.2) is 14.8 Å². The van der Waals surface area contributed by atoms with Gasteiger partial charge in [0.15, 0.2) is 18.2 Å². The summed E-state index contributed by atoms with van der Waals surface area (Å²) in [4.78, 5) is 42.7. The number of hydrogen-bond acceptors (Lipinski definition) is 12. The molecule has 6 heterocycles. The molecule has 0 aliphatic carbocycles. The number of nitrogens with one attached hydrogen (secondary N) is 2. The smallest absolute Gasteiger partial charge is 0.415 e. The van der Waals surface area contributed by atoms with E-state index in [1.807, 2.05) is 0 Å². The average molecular weight is 536 g/mol. The van der Waals surface area contributed by atoms with E-state index in [4.69, 9.17) is 18.9 Å². The van der Waals surface area contributed by atoms with Gasteiger partial charge in [0.05, 0.1) is 49.7 Å². The molecule has 2 fully saturated rings. The Morgan fingerprint density at radius 2 is 2.08 bits per heavy atom.